The zero-order valence-corrected chi connectivity index (χ0v) is 14.7. The van der Waals surface area contributed by atoms with Gasteiger partial charge < -0.3 is 14.8 Å². The molecule has 7 nitrogen and oxygen atoms in total. The summed E-state index contributed by atoms with van der Waals surface area (Å²) < 4.78 is 9.89. The molecule has 0 aliphatic heterocycles. The van der Waals surface area contributed by atoms with Crippen LogP contribution in [0.5, 0.6) is 0 Å². The molecule has 1 aromatic heterocycles. The Labute approximate surface area is 146 Å². The van der Waals surface area contributed by atoms with Gasteiger partial charge in [0.15, 0.2) is 0 Å². The Morgan fingerprint density at radius 2 is 1.84 bits per heavy atom. The standard InChI is InChI=1S/C18H21N3O4/c1-18(2,3)25-17(23)20-11-13-10-19-15(16(22)24-4)21-14(13)12-8-6-5-7-9-12/h5-10H,11H2,1-4H3,(H,20,23). The van der Waals surface area contributed by atoms with E-state index in [1.165, 1.54) is 13.3 Å². The minimum absolute atomic E-state index is 0.0395. The van der Waals surface area contributed by atoms with Crippen LogP contribution in [0.2, 0.25) is 0 Å². The number of methoxy groups -OCH3 is 1. The first-order chi connectivity index (χ1) is 11.8. The largest absolute Gasteiger partial charge is 0.463 e. The van der Waals surface area contributed by atoms with E-state index in [9.17, 15) is 9.59 Å². The number of rotatable bonds is 4. The molecule has 1 amide bonds. The maximum Gasteiger partial charge on any atom is 0.407 e. The van der Waals surface area contributed by atoms with Crippen molar-refractivity contribution in [3.05, 3.63) is 47.9 Å². The van der Waals surface area contributed by atoms with Crippen molar-refractivity contribution in [1.82, 2.24) is 15.3 Å². The summed E-state index contributed by atoms with van der Waals surface area (Å²) in [6, 6.07) is 9.33. The molecular weight excluding hydrogens is 322 g/mol. The minimum Gasteiger partial charge on any atom is -0.463 e. The van der Waals surface area contributed by atoms with Crippen molar-refractivity contribution in [3.8, 4) is 11.3 Å². The lowest BCUT2D eigenvalue weighted by Crippen LogP contribution is -2.32. The highest BCUT2D eigenvalue weighted by Crippen LogP contribution is 2.21. The molecule has 0 unspecified atom stereocenters. The van der Waals surface area contributed by atoms with Crippen LogP contribution in [0.15, 0.2) is 36.5 Å². The van der Waals surface area contributed by atoms with Crippen LogP contribution in [-0.4, -0.2) is 34.7 Å². The fraction of sp³-hybridized carbons (Fsp3) is 0.333. The summed E-state index contributed by atoms with van der Waals surface area (Å²) in [5, 5.41) is 2.67. The van der Waals surface area contributed by atoms with E-state index in [2.05, 4.69) is 20.0 Å². The maximum atomic E-state index is 11.9. The van der Waals surface area contributed by atoms with Crippen molar-refractivity contribution >= 4 is 12.1 Å². The Kier molecular flexibility index (Phi) is 5.69. The van der Waals surface area contributed by atoms with Crippen LogP contribution < -0.4 is 5.32 Å². The van der Waals surface area contributed by atoms with Crippen LogP contribution in [0.1, 0.15) is 37.0 Å². The second-order valence-corrected chi connectivity index (χ2v) is 6.28. The molecule has 132 valence electrons. The molecule has 0 spiro atoms. The fourth-order valence-electron chi connectivity index (χ4n) is 2.05. The van der Waals surface area contributed by atoms with Crippen molar-refractivity contribution in [2.24, 2.45) is 0 Å². The molecule has 7 heteroatoms. The van der Waals surface area contributed by atoms with Gasteiger partial charge in [0.25, 0.3) is 0 Å². The lowest BCUT2D eigenvalue weighted by molar-refractivity contribution is 0.0521. The number of ether oxygens (including phenoxy) is 2. The SMILES string of the molecule is COC(=O)c1ncc(CNC(=O)OC(C)(C)C)c(-c2ccccc2)n1. The number of benzene rings is 1. The van der Waals surface area contributed by atoms with Gasteiger partial charge in [-0.2, -0.15) is 0 Å². The van der Waals surface area contributed by atoms with E-state index in [1.54, 1.807) is 20.8 Å². The first kappa shape index (κ1) is 18.4. The molecule has 0 aliphatic rings. The molecule has 0 saturated carbocycles. The highest BCUT2D eigenvalue weighted by Gasteiger charge is 2.18. The minimum atomic E-state index is -0.621. The number of hydrogen-bond acceptors (Lipinski definition) is 6. The predicted molar refractivity (Wildman–Crippen MR) is 91.9 cm³/mol. The molecule has 2 rings (SSSR count). The van der Waals surface area contributed by atoms with Crippen molar-refractivity contribution in [2.75, 3.05) is 7.11 Å². The van der Waals surface area contributed by atoms with Crippen LogP contribution >= 0.6 is 0 Å². The summed E-state index contributed by atoms with van der Waals surface area (Å²) in [5.41, 5.74) is 1.42. The fourth-order valence-corrected chi connectivity index (χ4v) is 2.05. The lowest BCUT2D eigenvalue weighted by atomic mass is 10.1. The van der Waals surface area contributed by atoms with Gasteiger partial charge in [-0.3, -0.25) is 0 Å². The monoisotopic (exact) mass is 343 g/mol. The first-order valence-electron chi connectivity index (χ1n) is 7.76. The molecular formula is C18H21N3O4. The van der Waals surface area contributed by atoms with Crippen molar-refractivity contribution in [1.29, 1.82) is 0 Å². The van der Waals surface area contributed by atoms with E-state index in [0.717, 1.165) is 5.56 Å². The maximum absolute atomic E-state index is 11.9. The van der Waals surface area contributed by atoms with Crippen molar-refractivity contribution < 1.29 is 19.1 Å². The quantitative estimate of drug-likeness (QED) is 0.858. The third kappa shape index (κ3) is 5.27. The van der Waals surface area contributed by atoms with Gasteiger partial charge in [0.05, 0.1) is 12.8 Å². The number of carbonyl (C=O) groups excluding carboxylic acids is 2. The van der Waals surface area contributed by atoms with Crippen LogP contribution in [0.3, 0.4) is 0 Å². The number of aromatic nitrogens is 2. The van der Waals surface area contributed by atoms with Gasteiger partial charge in [0.2, 0.25) is 5.82 Å². The van der Waals surface area contributed by atoms with Crippen LogP contribution in [-0.2, 0) is 16.0 Å². The Morgan fingerprint density at radius 3 is 2.44 bits per heavy atom. The van der Waals surface area contributed by atoms with Gasteiger partial charge in [-0.15, -0.1) is 0 Å². The third-order valence-corrected chi connectivity index (χ3v) is 3.10. The van der Waals surface area contributed by atoms with Crippen LogP contribution in [0.25, 0.3) is 11.3 Å². The molecule has 0 atom stereocenters. The number of hydrogen-bond donors (Lipinski definition) is 1. The second-order valence-electron chi connectivity index (χ2n) is 6.28. The van der Waals surface area contributed by atoms with Gasteiger partial charge in [0, 0.05) is 23.9 Å². The molecule has 0 fully saturated rings. The number of alkyl carbamates (subject to hydrolysis) is 1. The Bertz CT molecular complexity index is 755. The Morgan fingerprint density at radius 1 is 1.16 bits per heavy atom. The van der Waals surface area contributed by atoms with E-state index in [-0.39, 0.29) is 12.4 Å². The van der Waals surface area contributed by atoms with Gasteiger partial charge in [-0.05, 0) is 20.8 Å². The highest BCUT2D eigenvalue weighted by molar-refractivity contribution is 5.86. The predicted octanol–water partition coefficient (Wildman–Crippen LogP) is 2.95. The average molecular weight is 343 g/mol. The summed E-state index contributed by atoms with van der Waals surface area (Å²) in [4.78, 5) is 31.8. The average Bonchev–Trinajstić information content (AvgIpc) is 2.58. The smallest absolute Gasteiger partial charge is 0.407 e. The summed E-state index contributed by atoms with van der Waals surface area (Å²) in [6.07, 6.45) is 0.961. The molecule has 0 aliphatic carbocycles. The molecule has 1 N–H and O–H groups in total. The van der Waals surface area contributed by atoms with Crippen LogP contribution in [0, 0.1) is 0 Å². The molecule has 0 bridgehead atoms. The van der Waals surface area contributed by atoms with Gasteiger partial charge in [-0.1, -0.05) is 30.3 Å². The zero-order chi connectivity index (χ0) is 18.4. The molecule has 0 saturated heterocycles. The zero-order valence-electron chi connectivity index (χ0n) is 14.7. The van der Waals surface area contributed by atoms with Crippen molar-refractivity contribution in [2.45, 2.75) is 32.9 Å². The summed E-state index contributed by atoms with van der Waals surface area (Å²) in [6.45, 7) is 5.53. The van der Waals surface area contributed by atoms with E-state index in [1.807, 2.05) is 30.3 Å². The van der Waals surface area contributed by atoms with E-state index >= 15 is 0 Å². The van der Waals surface area contributed by atoms with Gasteiger partial charge in [-0.25, -0.2) is 19.6 Å². The Hall–Kier alpha value is -2.96. The van der Waals surface area contributed by atoms with E-state index in [0.29, 0.717) is 11.3 Å². The molecule has 1 aromatic carbocycles. The normalized spacial score (nSPS) is 10.9. The lowest BCUT2D eigenvalue weighted by Gasteiger charge is -2.20. The number of nitrogens with zero attached hydrogens (tertiary/aromatic N) is 2. The first-order valence-corrected chi connectivity index (χ1v) is 7.76. The van der Waals surface area contributed by atoms with Gasteiger partial charge >= 0.3 is 12.1 Å². The number of amides is 1. The summed E-state index contributed by atoms with van der Waals surface area (Å²) in [7, 11) is 1.27. The van der Waals surface area contributed by atoms with E-state index in [4.69, 9.17) is 4.74 Å². The second kappa shape index (κ2) is 7.74. The summed E-state index contributed by atoms with van der Waals surface area (Å²) in [5.74, 6) is -0.661. The van der Waals surface area contributed by atoms with Crippen LogP contribution in [0.4, 0.5) is 4.79 Å². The molecule has 0 radical (unpaired) electrons. The topological polar surface area (TPSA) is 90.4 Å². The van der Waals surface area contributed by atoms with E-state index < -0.39 is 17.7 Å². The number of esters is 1. The number of carbonyl (C=O) groups is 2. The Balaban J connectivity index is 2.28. The molecule has 25 heavy (non-hydrogen) atoms. The summed E-state index contributed by atoms with van der Waals surface area (Å²) >= 11 is 0. The third-order valence-electron chi connectivity index (χ3n) is 3.10. The molecule has 2 aromatic rings. The van der Waals surface area contributed by atoms with Gasteiger partial charge in [0.1, 0.15) is 5.60 Å². The van der Waals surface area contributed by atoms with Crippen molar-refractivity contribution in [3.63, 3.8) is 0 Å². The highest BCUT2D eigenvalue weighted by atomic mass is 16.6. The molecule has 1 heterocycles. The number of nitrogens with one attached hydrogen (secondary N) is 1.